The molecule has 7 nitrogen and oxygen atoms in total. The van der Waals surface area contributed by atoms with Crippen LogP contribution in [0.2, 0.25) is 0 Å². The molecule has 1 saturated heterocycles. The Morgan fingerprint density at radius 2 is 1.87 bits per heavy atom. The van der Waals surface area contributed by atoms with Gasteiger partial charge in [-0.25, -0.2) is 4.39 Å². The first-order valence-corrected chi connectivity index (χ1v) is 10.3. The molecule has 0 unspecified atom stereocenters. The van der Waals surface area contributed by atoms with Gasteiger partial charge in [0.1, 0.15) is 5.82 Å². The predicted octanol–water partition coefficient (Wildman–Crippen LogP) is 4.06. The second-order valence-electron chi connectivity index (χ2n) is 7.01. The van der Waals surface area contributed by atoms with Crippen LogP contribution in [-0.2, 0) is 11.3 Å². The zero-order valence-electron chi connectivity index (χ0n) is 16.3. The number of fused-ring (bicyclic) bond motifs is 1. The monoisotopic (exact) mass is 429 g/mol. The average Bonchev–Trinajstić information content (AvgIpc) is 3.13. The van der Waals surface area contributed by atoms with Crippen LogP contribution in [0.4, 0.5) is 15.8 Å². The van der Waals surface area contributed by atoms with Gasteiger partial charge in [-0.1, -0.05) is 6.07 Å². The molecule has 156 valence electrons. The smallest absolute Gasteiger partial charge is 0.269 e. The first kappa shape index (κ1) is 20.2. The summed E-state index contributed by atoms with van der Waals surface area (Å²) in [6.07, 6.45) is 0. The number of anilines is 1. The van der Waals surface area contributed by atoms with Crippen LogP contribution in [0.3, 0.4) is 0 Å². The minimum absolute atomic E-state index is 0.0511. The number of halogens is 1. The molecule has 0 aliphatic carbocycles. The second kappa shape index (κ2) is 8.37. The van der Waals surface area contributed by atoms with E-state index in [1.54, 1.807) is 23.1 Å². The first-order valence-electron chi connectivity index (χ1n) is 9.47. The number of rotatable bonds is 5. The summed E-state index contributed by atoms with van der Waals surface area (Å²) in [5, 5.41) is 11.3. The summed E-state index contributed by atoms with van der Waals surface area (Å²) in [5.74, 6) is -0.469. The lowest BCUT2D eigenvalue weighted by Crippen LogP contribution is -2.48. The van der Waals surface area contributed by atoms with Crippen LogP contribution in [0.15, 0.2) is 42.5 Å². The Labute approximate surface area is 176 Å². The van der Waals surface area contributed by atoms with E-state index in [0.29, 0.717) is 42.0 Å². The van der Waals surface area contributed by atoms with Crippen molar-refractivity contribution in [3.63, 3.8) is 0 Å². The molecule has 30 heavy (non-hydrogen) atoms. The van der Waals surface area contributed by atoms with Crippen LogP contribution >= 0.6 is 11.3 Å². The minimum atomic E-state index is -0.425. The molecule has 1 amide bonds. The number of nitrogens with zero attached hydrogens (tertiary/aromatic N) is 3. The fourth-order valence-corrected chi connectivity index (χ4v) is 4.91. The molecule has 0 N–H and O–H groups in total. The van der Waals surface area contributed by atoms with Gasteiger partial charge in [0.05, 0.1) is 16.4 Å². The predicted molar refractivity (Wildman–Crippen MR) is 114 cm³/mol. The number of ether oxygens (including phenoxy) is 1. The van der Waals surface area contributed by atoms with Crippen molar-refractivity contribution in [3.8, 4) is 0 Å². The number of methoxy groups -OCH3 is 1. The number of thiophene rings is 1. The number of hydrogen-bond donors (Lipinski definition) is 0. The molecule has 0 atom stereocenters. The summed E-state index contributed by atoms with van der Waals surface area (Å²) in [4.78, 5) is 28.0. The quantitative estimate of drug-likeness (QED) is 0.452. The van der Waals surface area contributed by atoms with E-state index in [1.807, 2.05) is 6.07 Å². The van der Waals surface area contributed by atoms with Gasteiger partial charge in [0, 0.05) is 66.8 Å². The van der Waals surface area contributed by atoms with Gasteiger partial charge in [-0.05, 0) is 24.3 Å². The highest BCUT2D eigenvalue weighted by Gasteiger charge is 2.27. The van der Waals surface area contributed by atoms with Crippen molar-refractivity contribution in [2.45, 2.75) is 6.61 Å². The third kappa shape index (κ3) is 3.73. The number of piperazine rings is 1. The van der Waals surface area contributed by atoms with E-state index in [1.165, 1.54) is 36.6 Å². The summed E-state index contributed by atoms with van der Waals surface area (Å²) in [6.45, 7) is 2.42. The SMILES string of the molecule is COCc1c(C(=O)N2CCN(c3ccc([N+](=O)[O-])cc3)CC2)sc2cccc(F)c12. The lowest BCUT2D eigenvalue weighted by Gasteiger charge is -2.36. The molecule has 0 spiro atoms. The van der Waals surface area contributed by atoms with Gasteiger partial charge in [-0.2, -0.15) is 0 Å². The van der Waals surface area contributed by atoms with Crippen LogP contribution in [0.25, 0.3) is 10.1 Å². The average molecular weight is 429 g/mol. The van der Waals surface area contributed by atoms with Gasteiger partial charge in [-0.15, -0.1) is 11.3 Å². The van der Waals surface area contributed by atoms with Crippen molar-refractivity contribution in [3.05, 3.63) is 68.8 Å². The van der Waals surface area contributed by atoms with E-state index in [9.17, 15) is 19.3 Å². The van der Waals surface area contributed by atoms with E-state index in [0.717, 1.165) is 10.4 Å². The lowest BCUT2D eigenvalue weighted by molar-refractivity contribution is -0.384. The van der Waals surface area contributed by atoms with Gasteiger partial charge in [-0.3, -0.25) is 14.9 Å². The Kier molecular flexibility index (Phi) is 5.65. The number of amides is 1. The molecule has 0 saturated carbocycles. The zero-order valence-corrected chi connectivity index (χ0v) is 17.2. The highest BCUT2D eigenvalue weighted by atomic mass is 32.1. The number of benzene rings is 2. The fourth-order valence-electron chi connectivity index (χ4n) is 3.72. The number of nitro benzene ring substituents is 1. The molecule has 4 rings (SSSR count). The van der Waals surface area contributed by atoms with Crippen LogP contribution in [-0.4, -0.2) is 49.0 Å². The van der Waals surface area contributed by atoms with Crippen LogP contribution in [0, 0.1) is 15.9 Å². The summed E-state index contributed by atoms with van der Waals surface area (Å²) < 4.78 is 20.4. The van der Waals surface area contributed by atoms with E-state index >= 15 is 0 Å². The molecule has 9 heteroatoms. The number of nitro groups is 1. The molecule has 1 fully saturated rings. The molecular formula is C21H20FN3O4S. The topological polar surface area (TPSA) is 75.9 Å². The second-order valence-corrected chi connectivity index (χ2v) is 8.06. The Hall–Kier alpha value is -3.04. The van der Waals surface area contributed by atoms with Crippen LogP contribution in [0.5, 0.6) is 0 Å². The van der Waals surface area contributed by atoms with Crippen molar-refractivity contribution in [2.75, 3.05) is 38.2 Å². The molecule has 0 radical (unpaired) electrons. The molecule has 1 aromatic heterocycles. The van der Waals surface area contributed by atoms with Crippen molar-refractivity contribution >= 4 is 38.7 Å². The highest BCUT2D eigenvalue weighted by molar-refractivity contribution is 7.21. The fraction of sp³-hybridized carbons (Fsp3) is 0.286. The lowest BCUT2D eigenvalue weighted by atomic mass is 10.1. The van der Waals surface area contributed by atoms with Gasteiger partial charge in [0.2, 0.25) is 0 Å². The molecule has 3 aromatic rings. The summed E-state index contributed by atoms with van der Waals surface area (Å²) >= 11 is 1.29. The third-order valence-electron chi connectivity index (χ3n) is 5.24. The Balaban J connectivity index is 1.51. The number of hydrogen-bond acceptors (Lipinski definition) is 6. The number of non-ortho nitro benzene ring substituents is 1. The van der Waals surface area contributed by atoms with Gasteiger partial charge < -0.3 is 14.5 Å². The molecule has 0 bridgehead atoms. The van der Waals surface area contributed by atoms with Crippen LogP contribution in [0.1, 0.15) is 15.2 Å². The van der Waals surface area contributed by atoms with E-state index in [2.05, 4.69) is 4.90 Å². The van der Waals surface area contributed by atoms with Gasteiger partial charge >= 0.3 is 0 Å². The first-order chi connectivity index (χ1) is 14.5. The van der Waals surface area contributed by atoms with E-state index in [4.69, 9.17) is 4.74 Å². The summed E-state index contributed by atoms with van der Waals surface area (Å²) in [6, 6.07) is 11.3. The molecule has 2 aromatic carbocycles. The molecular weight excluding hydrogens is 409 g/mol. The molecule has 2 heterocycles. The third-order valence-corrected chi connectivity index (χ3v) is 6.42. The van der Waals surface area contributed by atoms with Crippen molar-refractivity contribution in [2.24, 2.45) is 0 Å². The number of carbonyl (C=O) groups excluding carboxylic acids is 1. The Bertz CT molecular complexity index is 1090. The van der Waals surface area contributed by atoms with E-state index in [-0.39, 0.29) is 24.0 Å². The Morgan fingerprint density at radius 1 is 1.17 bits per heavy atom. The van der Waals surface area contributed by atoms with Crippen molar-refractivity contribution in [1.82, 2.24) is 4.90 Å². The van der Waals surface area contributed by atoms with Crippen molar-refractivity contribution in [1.29, 1.82) is 0 Å². The standard InChI is InChI=1S/C21H20FN3O4S/c1-29-13-16-19-17(22)3-2-4-18(19)30-20(16)21(26)24-11-9-23(10-12-24)14-5-7-15(8-6-14)25(27)28/h2-8H,9-13H2,1H3. The van der Waals surface area contributed by atoms with E-state index < -0.39 is 4.92 Å². The highest BCUT2D eigenvalue weighted by Crippen LogP contribution is 2.35. The minimum Gasteiger partial charge on any atom is -0.380 e. The van der Waals surface area contributed by atoms with Gasteiger partial charge in [0.25, 0.3) is 11.6 Å². The zero-order chi connectivity index (χ0) is 21.3. The largest absolute Gasteiger partial charge is 0.380 e. The maximum Gasteiger partial charge on any atom is 0.269 e. The number of carbonyl (C=O) groups is 1. The Morgan fingerprint density at radius 3 is 2.50 bits per heavy atom. The van der Waals surface area contributed by atoms with Crippen LogP contribution < -0.4 is 4.90 Å². The maximum atomic E-state index is 14.4. The van der Waals surface area contributed by atoms with Gasteiger partial charge in [0.15, 0.2) is 0 Å². The normalized spacial score (nSPS) is 14.3. The molecule has 1 aliphatic heterocycles. The van der Waals surface area contributed by atoms with Crippen molar-refractivity contribution < 1.29 is 18.8 Å². The maximum absolute atomic E-state index is 14.4. The summed E-state index contributed by atoms with van der Waals surface area (Å²) in [7, 11) is 1.53. The summed E-state index contributed by atoms with van der Waals surface area (Å²) in [5.41, 5.74) is 1.53. The molecule has 1 aliphatic rings.